The minimum atomic E-state index is -1.31. The van der Waals surface area contributed by atoms with Crippen molar-refractivity contribution in [1.82, 2.24) is 9.72 Å². The molecule has 0 amide bonds. The van der Waals surface area contributed by atoms with Gasteiger partial charge in [0.25, 0.3) is 0 Å². The summed E-state index contributed by atoms with van der Waals surface area (Å²) in [6.07, 6.45) is 0. The van der Waals surface area contributed by atoms with Crippen LogP contribution in [0.3, 0.4) is 0 Å². The molecule has 1 aliphatic heterocycles. The molecule has 0 saturated carbocycles. The first-order valence-electron chi connectivity index (χ1n) is 7.89. The van der Waals surface area contributed by atoms with Gasteiger partial charge in [-0.05, 0) is 19.1 Å². The molecule has 1 atom stereocenters. The molecule has 1 saturated heterocycles. The summed E-state index contributed by atoms with van der Waals surface area (Å²) in [5.74, 6) is -1.83. The molecule has 4 rings (SSSR count). The van der Waals surface area contributed by atoms with E-state index in [1.54, 1.807) is 10.5 Å². The summed E-state index contributed by atoms with van der Waals surface area (Å²) in [6.45, 7) is 7.96. The molecule has 3 aromatic rings. The Morgan fingerprint density at radius 2 is 2.24 bits per heavy atom. The first kappa shape index (κ1) is 16.0. The number of aromatic nitrogens is 1. The van der Waals surface area contributed by atoms with Gasteiger partial charge >= 0.3 is 5.97 Å². The van der Waals surface area contributed by atoms with E-state index in [0.717, 1.165) is 23.9 Å². The maximum atomic E-state index is 14.7. The van der Waals surface area contributed by atoms with Crippen LogP contribution in [-0.4, -0.2) is 41.2 Å². The van der Waals surface area contributed by atoms with Crippen molar-refractivity contribution in [2.24, 2.45) is 0 Å². The van der Waals surface area contributed by atoms with E-state index in [9.17, 15) is 19.1 Å². The SMILES string of the molecule is C=c1sc2c(C(=O)O)c(=O)c3cc(F)c(N4CCNC(C)C4)cc3n12. The number of fused-ring (bicyclic) bond motifs is 3. The Morgan fingerprint density at radius 3 is 2.88 bits per heavy atom. The normalized spacial score (nSPS) is 18.3. The van der Waals surface area contributed by atoms with Crippen LogP contribution in [0.15, 0.2) is 16.9 Å². The van der Waals surface area contributed by atoms with Crippen LogP contribution >= 0.6 is 11.3 Å². The molecule has 0 aliphatic carbocycles. The molecule has 8 heteroatoms. The van der Waals surface area contributed by atoms with E-state index >= 15 is 0 Å². The number of anilines is 1. The van der Waals surface area contributed by atoms with Gasteiger partial charge in [-0.2, -0.15) is 0 Å². The van der Waals surface area contributed by atoms with Crippen LogP contribution in [0.4, 0.5) is 10.1 Å². The van der Waals surface area contributed by atoms with Crippen molar-refractivity contribution < 1.29 is 14.3 Å². The van der Waals surface area contributed by atoms with E-state index in [1.165, 1.54) is 0 Å². The lowest BCUT2D eigenvalue weighted by atomic mass is 10.1. The van der Waals surface area contributed by atoms with Crippen LogP contribution in [-0.2, 0) is 0 Å². The third kappa shape index (κ3) is 2.32. The number of aromatic carboxylic acids is 1. The number of nitrogens with one attached hydrogen (secondary N) is 1. The van der Waals surface area contributed by atoms with Crippen molar-refractivity contribution in [2.45, 2.75) is 13.0 Å². The largest absolute Gasteiger partial charge is 0.477 e. The number of halogens is 1. The second-order valence-corrected chi connectivity index (χ2v) is 7.33. The van der Waals surface area contributed by atoms with Gasteiger partial charge in [-0.15, -0.1) is 0 Å². The molecule has 0 radical (unpaired) electrons. The Labute approximate surface area is 145 Å². The zero-order valence-electron chi connectivity index (χ0n) is 13.5. The quantitative estimate of drug-likeness (QED) is 0.719. The molecule has 6 nitrogen and oxygen atoms in total. The van der Waals surface area contributed by atoms with E-state index in [-0.39, 0.29) is 17.0 Å². The lowest BCUT2D eigenvalue weighted by molar-refractivity contribution is 0.0697. The molecule has 1 unspecified atom stereocenters. The number of hydrogen-bond donors (Lipinski definition) is 2. The van der Waals surface area contributed by atoms with Crippen LogP contribution in [0.5, 0.6) is 0 Å². The van der Waals surface area contributed by atoms with Crippen molar-refractivity contribution in [2.75, 3.05) is 24.5 Å². The molecule has 1 aliphatic rings. The van der Waals surface area contributed by atoms with Crippen molar-refractivity contribution in [3.8, 4) is 0 Å². The van der Waals surface area contributed by atoms with Gasteiger partial charge in [-0.1, -0.05) is 17.9 Å². The molecule has 0 spiro atoms. The molecule has 25 heavy (non-hydrogen) atoms. The first-order chi connectivity index (χ1) is 11.9. The Kier molecular flexibility index (Phi) is 3.55. The van der Waals surface area contributed by atoms with Crippen LogP contribution in [0, 0.1) is 5.82 Å². The molecule has 1 aromatic carbocycles. The molecule has 2 aromatic heterocycles. The lowest BCUT2D eigenvalue weighted by Crippen LogP contribution is -2.49. The van der Waals surface area contributed by atoms with Gasteiger partial charge in [-0.25, -0.2) is 9.18 Å². The molecule has 130 valence electrons. The fourth-order valence-electron chi connectivity index (χ4n) is 3.42. The van der Waals surface area contributed by atoms with Gasteiger partial charge in [0.2, 0.25) is 5.43 Å². The highest BCUT2D eigenvalue weighted by molar-refractivity contribution is 7.17. The summed E-state index contributed by atoms with van der Waals surface area (Å²) in [4.78, 5) is 26.3. The van der Waals surface area contributed by atoms with Gasteiger partial charge < -0.3 is 15.3 Å². The predicted molar refractivity (Wildman–Crippen MR) is 96.4 cm³/mol. The van der Waals surface area contributed by atoms with Crippen molar-refractivity contribution in [1.29, 1.82) is 0 Å². The van der Waals surface area contributed by atoms with Crippen molar-refractivity contribution in [3.05, 3.63) is 38.4 Å². The average Bonchev–Trinajstić information content (AvgIpc) is 2.54. The molecular weight excluding hydrogens is 345 g/mol. The molecule has 1 fully saturated rings. The van der Waals surface area contributed by atoms with Gasteiger partial charge in [-0.3, -0.25) is 9.20 Å². The highest BCUT2D eigenvalue weighted by Crippen LogP contribution is 2.28. The molecule has 2 N–H and O–H groups in total. The number of carbonyl (C=O) groups is 1. The van der Waals surface area contributed by atoms with Crippen LogP contribution in [0.2, 0.25) is 0 Å². The maximum absolute atomic E-state index is 14.7. The number of pyridine rings is 1. The number of carboxylic acids is 1. The van der Waals surface area contributed by atoms with Gasteiger partial charge in [0.05, 0.1) is 21.3 Å². The van der Waals surface area contributed by atoms with E-state index in [1.807, 2.05) is 11.8 Å². The fraction of sp³-hybridized carbons (Fsp3) is 0.294. The average molecular weight is 361 g/mol. The van der Waals surface area contributed by atoms with Gasteiger partial charge in [0.15, 0.2) is 0 Å². The maximum Gasteiger partial charge on any atom is 0.342 e. The molecule has 0 bridgehead atoms. The summed E-state index contributed by atoms with van der Waals surface area (Å²) in [6, 6.07) is 3.01. The van der Waals surface area contributed by atoms with Gasteiger partial charge in [0.1, 0.15) is 16.2 Å². The number of carboxylic acid groups (broad SMARTS) is 1. The number of hydrogen-bond acceptors (Lipinski definition) is 5. The number of rotatable bonds is 2. The molecular formula is C17H16FN3O3S. The zero-order valence-corrected chi connectivity index (χ0v) is 14.3. The molecule has 3 heterocycles. The highest BCUT2D eigenvalue weighted by Gasteiger charge is 2.24. The minimum absolute atomic E-state index is 0.0621. The highest BCUT2D eigenvalue weighted by atomic mass is 32.1. The summed E-state index contributed by atoms with van der Waals surface area (Å²) in [5, 5.41) is 12.7. The van der Waals surface area contributed by atoms with E-state index in [2.05, 4.69) is 11.9 Å². The summed E-state index contributed by atoms with van der Waals surface area (Å²) < 4.78 is 16.9. The van der Waals surface area contributed by atoms with Crippen LogP contribution in [0.1, 0.15) is 17.3 Å². The summed E-state index contributed by atoms with van der Waals surface area (Å²) in [5.41, 5.74) is -0.0696. The number of nitrogens with zero attached hydrogens (tertiary/aromatic N) is 2. The predicted octanol–water partition coefficient (Wildman–Crippen LogP) is 1.28. The first-order valence-corrected chi connectivity index (χ1v) is 8.71. The summed E-state index contributed by atoms with van der Waals surface area (Å²) in [7, 11) is 0. The second-order valence-electron chi connectivity index (χ2n) is 6.27. The number of piperazine rings is 1. The van der Waals surface area contributed by atoms with Crippen molar-refractivity contribution >= 4 is 45.3 Å². The fourth-order valence-corrected chi connectivity index (χ4v) is 4.37. The van der Waals surface area contributed by atoms with E-state index in [4.69, 9.17) is 0 Å². The Balaban J connectivity index is 2.02. The van der Waals surface area contributed by atoms with Gasteiger partial charge in [0, 0.05) is 25.7 Å². The third-order valence-corrected chi connectivity index (χ3v) is 5.58. The Hall–Kier alpha value is -2.45. The third-order valence-electron chi connectivity index (χ3n) is 4.58. The van der Waals surface area contributed by atoms with Crippen LogP contribution < -0.4 is 20.3 Å². The Bertz CT molecular complexity index is 1120. The second kappa shape index (κ2) is 5.53. The topological polar surface area (TPSA) is 74.0 Å². The monoisotopic (exact) mass is 361 g/mol. The standard InChI is InChI=1S/C17H16FN3O3S/c1-8-7-20(4-3-19-8)13-6-12-10(5-11(13)18)15(22)14(17(23)24)16-21(12)9(2)25-16/h5-6,8,19H,2-4,7H2,1H3,(H,23,24). The lowest BCUT2D eigenvalue weighted by Gasteiger charge is -2.34. The zero-order chi connectivity index (χ0) is 17.9. The van der Waals surface area contributed by atoms with E-state index < -0.39 is 17.2 Å². The van der Waals surface area contributed by atoms with Crippen LogP contribution in [0.25, 0.3) is 22.3 Å². The summed E-state index contributed by atoms with van der Waals surface area (Å²) >= 11 is 1.15. The number of benzene rings is 1. The van der Waals surface area contributed by atoms with E-state index in [0.29, 0.717) is 33.8 Å². The Morgan fingerprint density at radius 1 is 1.48 bits per heavy atom. The minimum Gasteiger partial charge on any atom is -0.477 e. The van der Waals surface area contributed by atoms with Crippen molar-refractivity contribution in [3.63, 3.8) is 0 Å². The smallest absolute Gasteiger partial charge is 0.342 e.